The highest BCUT2D eigenvalue weighted by molar-refractivity contribution is 7.62. The van der Waals surface area contributed by atoms with E-state index < -0.39 is 21.6 Å². The Bertz CT molecular complexity index is 304. The van der Waals surface area contributed by atoms with Gasteiger partial charge in [-0.05, 0) is 0 Å². The Hall–Kier alpha value is -0.230. The molecule has 0 rings (SSSR count). The molecule has 0 aromatic heterocycles. The summed E-state index contributed by atoms with van der Waals surface area (Å²) in [5, 5.41) is 0. The molecule has 10 heteroatoms. The normalized spacial score (nSPS) is 15.7. The van der Waals surface area contributed by atoms with Crippen molar-refractivity contribution in [3.8, 4) is 0 Å². The predicted octanol–water partition coefficient (Wildman–Crippen LogP) is 1.72. The van der Waals surface area contributed by atoms with Crippen molar-refractivity contribution >= 4 is 21.6 Å². The average Bonchev–Trinajstić information content (AvgIpc) is 2.16. The second kappa shape index (κ2) is 5.75. The van der Waals surface area contributed by atoms with Crippen molar-refractivity contribution in [1.82, 2.24) is 0 Å². The summed E-state index contributed by atoms with van der Waals surface area (Å²) in [6.45, 7) is 0.986. The molecule has 90 valence electrons. The summed E-state index contributed by atoms with van der Waals surface area (Å²) in [7, 11) is -5.33. The van der Waals surface area contributed by atoms with Crippen LogP contribution in [-0.4, -0.2) is 27.3 Å². The molecule has 1 unspecified atom stereocenters. The molecule has 0 amide bonds. The molecular weight excluding hydrogens is 250 g/mol. The topological polar surface area (TPSA) is 97.4 Å². The first-order valence-electron chi connectivity index (χ1n) is 3.59. The van der Waals surface area contributed by atoms with Crippen molar-refractivity contribution in [2.75, 3.05) is 21.3 Å². The predicted molar refractivity (Wildman–Crippen MR) is 49.1 cm³/mol. The largest absolute Gasteiger partial charge is 0.540 e. The van der Waals surface area contributed by atoms with Crippen LogP contribution in [0.3, 0.4) is 0 Å². The second-order valence-electron chi connectivity index (χ2n) is 2.11. The van der Waals surface area contributed by atoms with Crippen LogP contribution in [0.15, 0.2) is 0 Å². The van der Waals surface area contributed by atoms with Crippen LogP contribution < -0.4 is 0 Å². The van der Waals surface area contributed by atoms with Crippen LogP contribution in [0, 0.1) is 0 Å². The van der Waals surface area contributed by atoms with Crippen molar-refractivity contribution in [2.24, 2.45) is 0 Å². The van der Waals surface area contributed by atoms with Gasteiger partial charge >= 0.3 is 21.6 Å². The molecule has 0 aliphatic rings. The average molecular weight is 262 g/mol. The van der Waals surface area contributed by atoms with Crippen molar-refractivity contribution in [3.05, 3.63) is 0 Å². The van der Waals surface area contributed by atoms with Gasteiger partial charge in [-0.2, -0.15) is 4.31 Å². The van der Waals surface area contributed by atoms with E-state index in [9.17, 15) is 13.9 Å². The van der Waals surface area contributed by atoms with Gasteiger partial charge in [0.2, 0.25) is 0 Å². The van der Waals surface area contributed by atoms with Crippen LogP contribution in [-0.2, 0) is 36.3 Å². The molecule has 0 aromatic rings. The molecular formula is C5H12O8P2. The first-order chi connectivity index (χ1) is 6.81. The molecule has 0 bridgehead atoms. The van der Waals surface area contributed by atoms with Crippen molar-refractivity contribution in [3.63, 3.8) is 0 Å². The number of phosphoric ester groups is 2. The minimum absolute atomic E-state index is 0.918. The molecule has 0 spiro atoms. The zero-order valence-electron chi connectivity index (χ0n) is 8.66. The summed E-state index contributed by atoms with van der Waals surface area (Å²) in [6.07, 6.45) is 0. The smallest absolute Gasteiger partial charge is 0.370 e. The van der Waals surface area contributed by atoms with E-state index in [0.717, 1.165) is 28.3 Å². The lowest BCUT2D eigenvalue weighted by molar-refractivity contribution is -0.133. The summed E-state index contributed by atoms with van der Waals surface area (Å²) >= 11 is 0. The third kappa shape index (κ3) is 4.88. The number of rotatable bonds is 6. The summed E-state index contributed by atoms with van der Waals surface area (Å²) in [5.41, 5.74) is 0. The fraction of sp³-hybridized carbons (Fsp3) is 0.800. The highest BCUT2D eigenvalue weighted by atomic mass is 31.3. The van der Waals surface area contributed by atoms with Crippen LogP contribution in [0.25, 0.3) is 0 Å². The van der Waals surface area contributed by atoms with E-state index >= 15 is 0 Å². The van der Waals surface area contributed by atoms with Crippen molar-refractivity contribution < 1.29 is 36.3 Å². The van der Waals surface area contributed by atoms with Gasteiger partial charge in [0.15, 0.2) is 0 Å². The monoisotopic (exact) mass is 262 g/mol. The molecule has 0 saturated heterocycles. The molecule has 8 nitrogen and oxygen atoms in total. The SMILES string of the molecule is COP(=O)(OC)OP(=O)(OC)OC(C)=O. The van der Waals surface area contributed by atoms with Gasteiger partial charge in [-0.25, -0.2) is 9.13 Å². The number of carbonyl (C=O) groups is 1. The first kappa shape index (κ1) is 14.8. The lowest BCUT2D eigenvalue weighted by Gasteiger charge is -2.18. The van der Waals surface area contributed by atoms with Gasteiger partial charge in [0.05, 0.1) is 0 Å². The molecule has 1 atom stereocenters. The molecule has 0 heterocycles. The van der Waals surface area contributed by atoms with Crippen LogP contribution >= 0.6 is 15.6 Å². The second-order valence-corrected chi connectivity index (χ2v) is 5.83. The molecule has 0 fully saturated rings. The van der Waals surface area contributed by atoms with Crippen molar-refractivity contribution in [1.29, 1.82) is 0 Å². The van der Waals surface area contributed by atoms with Crippen LogP contribution in [0.5, 0.6) is 0 Å². The van der Waals surface area contributed by atoms with Crippen molar-refractivity contribution in [2.45, 2.75) is 6.92 Å². The lowest BCUT2D eigenvalue weighted by Crippen LogP contribution is -2.02. The highest BCUT2D eigenvalue weighted by Crippen LogP contribution is 2.64. The van der Waals surface area contributed by atoms with Crippen LogP contribution in [0.4, 0.5) is 0 Å². The third-order valence-electron chi connectivity index (χ3n) is 1.11. The zero-order valence-corrected chi connectivity index (χ0v) is 10.4. The first-order valence-corrected chi connectivity index (χ1v) is 6.51. The Morgan fingerprint density at radius 2 is 1.33 bits per heavy atom. The maximum atomic E-state index is 11.5. The minimum atomic E-state index is -4.27. The van der Waals surface area contributed by atoms with E-state index in [1.54, 1.807) is 0 Å². The molecule has 0 aliphatic heterocycles. The maximum Gasteiger partial charge on any atom is 0.540 e. The van der Waals surface area contributed by atoms with E-state index in [1.807, 2.05) is 0 Å². The Balaban J connectivity index is 4.78. The Morgan fingerprint density at radius 1 is 0.933 bits per heavy atom. The van der Waals surface area contributed by atoms with Gasteiger partial charge in [0, 0.05) is 28.3 Å². The van der Waals surface area contributed by atoms with Gasteiger partial charge < -0.3 is 4.52 Å². The quantitative estimate of drug-likeness (QED) is 0.667. The summed E-state index contributed by atoms with van der Waals surface area (Å²) in [4.78, 5) is 10.6. The van der Waals surface area contributed by atoms with Gasteiger partial charge in [-0.3, -0.25) is 18.4 Å². The Morgan fingerprint density at radius 3 is 1.60 bits per heavy atom. The number of hydrogen-bond donors (Lipinski definition) is 0. The fourth-order valence-corrected chi connectivity index (χ4v) is 2.96. The molecule has 15 heavy (non-hydrogen) atoms. The van der Waals surface area contributed by atoms with Gasteiger partial charge in [0.25, 0.3) is 0 Å². The van der Waals surface area contributed by atoms with E-state index in [1.165, 1.54) is 0 Å². The van der Waals surface area contributed by atoms with Gasteiger partial charge in [0.1, 0.15) is 0 Å². The fourth-order valence-electron chi connectivity index (χ4n) is 0.508. The summed E-state index contributed by atoms with van der Waals surface area (Å²) in [6, 6.07) is 0. The van der Waals surface area contributed by atoms with Crippen LogP contribution in [0.2, 0.25) is 0 Å². The number of hydrogen-bond acceptors (Lipinski definition) is 8. The van der Waals surface area contributed by atoms with E-state index in [4.69, 9.17) is 0 Å². The standard InChI is InChI=1S/C5H12O8P2/c1-5(6)12-15(8,11-4)13-14(7,9-2)10-3/h1-4H3. The summed E-state index contributed by atoms with van der Waals surface area (Å²) in [5.74, 6) is -0.918. The van der Waals surface area contributed by atoms with Gasteiger partial charge in [-0.15, -0.1) is 0 Å². The number of phosphoric acid groups is 2. The molecule has 0 N–H and O–H groups in total. The molecule has 0 radical (unpaired) electrons. The van der Waals surface area contributed by atoms with Crippen LogP contribution in [0.1, 0.15) is 6.92 Å². The van der Waals surface area contributed by atoms with E-state index in [-0.39, 0.29) is 0 Å². The minimum Gasteiger partial charge on any atom is -0.370 e. The Labute approximate surface area is 87.0 Å². The highest BCUT2D eigenvalue weighted by Gasteiger charge is 2.40. The van der Waals surface area contributed by atoms with Gasteiger partial charge in [-0.1, -0.05) is 0 Å². The van der Waals surface area contributed by atoms with E-state index in [0.29, 0.717) is 0 Å². The maximum absolute atomic E-state index is 11.5. The molecule has 0 aromatic carbocycles. The Kier molecular flexibility index (Phi) is 5.66. The molecule has 0 saturated carbocycles. The summed E-state index contributed by atoms with van der Waals surface area (Å²) < 4.78 is 44.5. The van der Waals surface area contributed by atoms with E-state index in [2.05, 4.69) is 22.4 Å². The zero-order chi connectivity index (χ0) is 12.1. The molecule has 0 aliphatic carbocycles. The number of carbonyl (C=O) groups excluding carboxylic acids is 1. The third-order valence-corrected chi connectivity index (χ3v) is 4.53. The lowest BCUT2D eigenvalue weighted by atomic mass is 10.9.